The normalized spacial score (nSPS) is 28.7. The second-order valence-corrected chi connectivity index (χ2v) is 5.30. The van der Waals surface area contributed by atoms with Crippen LogP contribution in [0.4, 0.5) is 4.79 Å². The van der Waals surface area contributed by atoms with E-state index in [1.54, 1.807) is 0 Å². The van der Waals surface area contributed by atoms with E-state index in [4.69, 9.17) is 9.47 Å². The minimum atomic E-state index is -0.577. The van der Waals surface area contributed by atoms with Crippen molar-refractivity contribution in [3.8, 4) is 0 Å². The van der Waals surface area contributed by atoms with Crippen LogP contribution in [0.3, 0.4) is 0 Å². The number of halogens is 1. The lowest BCUT2D eigenvalue weighted by Crippen LogP contribution is -2.52. The number of cyclic esters (lactones) is 1. The number of likely N-dealkylation sites (tertiary alicyclic amines) is 1. The Labute approximate surface area is 118 Å². The molecule has 1 amide bonds. The molecule has 19 heavy (non-hydrogen) atoms. The van der Waals surface area contributed by atoms with Gasteiger partial charge >= 0.3 is 6.16 Å². The molecular formula is C12H19ClN2O4. The zero-order chi connectivity index (χ0) is 12.6. The van der Waals surface area contributed by atoms with E-state index in [0.717, 1.165) is 19.4 Å². The third kappa shape index (κ3) is 2.79. The van der Waals surface area contributed by atoms with Crippen LogP contribution < -0.4 is 5.32 Å². The number of carbonyl (C=O) groups is 2. The van der Waals surface area contributed by atoms with Crippen molar-refractivity contribution in [2.24, 2.45) is 0 Å². The second-order valence-electron chi connectivity index (χ2n) is 5.30. The van der Waals surface area contributed by atoms with Crippen LogP contribution in [0.2, 0.25) is 0 Å². The van der Waals surface area contributed by atoms with Crippen LogP contribution in [0.5, 0.6) is 0 Å². The third-order valence-corrected chi connectivity index (χ3v) is 4.10. The van der Waals surface area contributed by atoms with Crippen molar-refractivity contribution in [3.05, 3.63) is 0 Å². The van der Waals surface area contributed by atoms with Gasteiger partial charge in [-0.1, -0.05) is 0 Å². The highest BCUT2D eigenvalue weighted by Crippen LogP contribution is 2.32. The van der Waals surface area contributed by atoms with Gasteiger partial charge in [-0.25, -0.2) is 4.79 Å². The summed E-state index contributed by atoms with van der Waals surface area (Å²) in [4.78, 5) is 25.1. The monoisotopic (exact) mass is 290 g/mol. The third-order valence-electron chi connectivity index (χ3n) is 4.10. The maximum Gasteiger partial charge on any atom is 0.509 e. The molecule has 3 aliphatic rings. The standard InChI is InChI=1S/C12H18N2O4.ClH/c15-10(9-2-1-5-13-9)14-6-3-12(4-7-14)8-17-11(16)18-12;/h9,13H,1-8H2;1H/t9-;/m0./s1. The second kappa shape index (κ2) is 5.54. The van der Waals surface area contributed by atoms with Gasteiger partial charge in [0.15, 0.2) is 5.60 Å². The number of rotatable bonds is 1. The Balaban J connectivity index is 0.00000133. The SMILES string of the molecule is Cl.O=C1OCC2(CCN(C(=O)[C@@H]3CCCN3)CC2)O1. The first-order chi connectivity index (χ1) is 8.69. The lowest BCUT2D eigenvalue weighted by Gasteiger charge is -2.37. The maximum atomic E-state index is 12.2. The molecule has 0 radical (unpaired) electrons. The highest BCUT2D eigenvalue weighted by Gasteiger charge is 2.45. The first-order valence-electron chi connectivity index (χ1n) is 6.57. The molecule has 3 rings (SSSR count). The predicted molar refractivity (Wildman–Crippen MR) is 69.3 cm³/mol. The molecule has 7 heteroatoms. The molecule has 3 saturated heterocycles. The van der Waals surface area contributed by atoms with Crippen LogP contribution in [0, 0.1) is 0 Å². The molecule has 0 aromatic carbocycles. The van der Waals surface area contributed by atoms with E-state index in [2.05, 4.69) is 5.32 Å². The summed E-state index contributed by atoms with van der Waals surface area (Å²) >= 11 is 0. The van der Waals surface area contributed by atoms with Crippen molar-refractivity contribution >= 4 is 24.5 Å². The number of nitrogens with zero attached hydrogens (tertiary/aromatic N) is 1. The van der Waals surface area contributed by atoms with Gasteiger partial charge in [-0.3, -0.25) is 4.79 Å². The summed E-state index contributed by atoms with van der Waals surface area (Å²) in [5.74, 6) is 0.188. The highest BCUT2D eigenvalue weighted by molar-refractivity contribution is 5.85. The van der Waals surface area contributed by atoms with Crippen LogP contribution in [0.25, 0.3) is 0 Å². The number of nitrogens with one attached hydrogen (secondary N) is 1. The van der Waals surface area contributed by atoms with Crippen LogP contribution in [-0.4, -0.2) is 54.8 Å². The Morgan fingerprint density at radius 2 is 2.11 bits per heavy atom. The largest absolute Gasteiger partial charge is 0.509 e. The molecule has 3 aliphatic heterocycles. The molecule has 108 valence electrons. The molecule has 3 fully saturated rings. The number of carbonyl (C=O) groups excluding carboxylic acids is 2. The van der Waals surface area contributed by atoms with Gasteiger partial charge < -0.3 is 19.7 Å². The number of hydrogen-bond donors (Lipinski definition) is 1. The average molecular weight is 291 g/mol. The van der Waals surface area contributed by atoms with Gasteiger partial charge in [0.25, 0.3) is 0 Å². The van der Waals surface area contributed by atoms with Crippen LogP contribution in [-0.2, 0) is 14.3 Å². The molecule has 3 heterocycles. The van der Waals surface area contributed by atoms with Crippen LogP contribution in [0.1, 0.15) is 25.7 Å². The van der Waals surface area contributed by atoms with E-state index in [0.29, 0.717) is 32.5 Å². The van der Waals surface area contributed by atoms with E-state index in [9.17, 15) is 9.59 Å². The van der Waals surface area contributed by atoms with Gasteiger partial charge in [-0.2, -0.15) is 0 Å². The molecule has 0 unspecified atom stereocenters. The van der Waals surface area contributed by atoms with Crippen LogP contribution >= 0.6 is 12.4 Å². The molecule has 0 aromatic heterocycles. The Morgan fingerprint density at radius 3 is 2.63 bits per heavy atom. The molecule has 0 aliphatic carbocycles. The lowest BCUT2D eigenvalue weighted by molar-refractivity contribution is -0.136. The minimum Gasteiger partial charge on any atom is -0.430 e. The van der Waals surface area contributed by atoms with E-state index < -0.39 is 11.8 Å². The zero-order valence-electron chi connectivity index (χ0n) is 10.7. The zero-order valence-corrected chi connectivity index (χ0v) is 11.5. The smallest absolute Gasteiger partial charge is 0.430 e. The molecule has 1 spiro atoms. The lowest BCUT2D eigenvalue weighted by atomic mass is 9.92. The summed E-state index contributed by atoms with van der Waals surface area (Å²) < 4.78 is 10.1. The molecule has 1 N–H and O–H groups in total. The van der Waals surface area contributed by atoms with Crippen LogP contribution in [0.15, 0.2) is 0 Å². The fourth-order valence-corrected chi connectivity index (χ4v) is 2.92. The topological polar surface area (TPSA) is 67.9 Å². The maximum absolute atomic E-state index is 12.2. The fraction of sp³-hybridized carbons (Fsp3) is 0.833. The Hall–Kier alpha value is -1.01. The molecule has 0 aromatic rings. The quantitative estimate of drug-likeness (QED) is 0.720. The van der Waals surface area contributed by atoms with Gasteiger partial charge in [-0.15, -0.1) is 12.4 Å². The highest BCUT2D eigenvalue weighted by atomic mass is 35.5. The molecule has 0 bridgehead atoms. The van der Waals surface area contributed by atoms with E-state index in [1.165, 1.54) is 0 Å². The summed E-state index contributed by atoms with van der Waals surface area (Å²) in [7, 11) is 0. The first-order valence-corrected chi connectivity index (χ1v) is 6.57. The summed E-state index contributed by atoms with van der Waals surface area (Å²) in [6.45, 7) is 2.55. The fourth-order valence-electron chi connectivity index (χ4n) is 2.92. The van der Waals surface area contributed by atoms with E-state index in [-0.39, 0.29) is 24.4 Å². The molecular weight excluding hydrogens is 272 g/mol. The summed E-state index contributed by atoms with van der Waals surface area (Å²) in [6.07, 6.45) is 2.78. The van der Waals surface area contributed by atoms with Crippen molar-refractivity contribution in [1.29, 1.82) is 0 Å². The van der Waals surface area contributed by atoms with Crippen molar-refractivity contribution in [1.82, 2.24) is 10.2 Å². The first kappa shape index (κ1) is 14.4. The van der Waals surface area contributed by atoms with Gasteiger partial charge in [0.2, 0.25) is 5.91 Å². The molecule has 0 saturated carbocycles. The minimum absolute atomic E-state index is 0. The Kier molecular flexibility index (Phi) is 4.20. The predicted octanol–water partition coefficient (Wildman–Crippen LogP) is 0.688. The van der Waals surface area contributed by atoms with Gasteiger partial charge in [0, 0.05) is 25.9 Å². The van der Waals surface area contributed by atoms with Crippen molar-refractivity contribution in [2.75, 3.05) is 26.2 Å². The van der Waals surface area contributed by atoms with E-state index >= 15 is 0 Å². The summed E-state index contributed by atoms with van der Waals surface area (Å²) in [5.41, 5.74) is -0.475. The number of amides is 1. The Morgan fingerprint density at radius 1 is 1.37 bits per heavy atom. The van der Waals surface area contributed by atoms with E-state index in [1.807, 2.05) is 4.90 Å². The van der Waals surface area contributed by atoms with Gasteiger partial charge in [0.1, 0.15) is 6.61 Å². The summed E-state index contributed by atoms with van der Waals surface area (Å²) in [6, 6.07) is -0.0126. The average Bonchev–Trinajstić information content (AvgIpc) is 3.00. The van der Waals surface area contributed by atoms with Crippen molar-refractivity contribution < 1.29 is 19.1 Å². The van der Waals surface area contributed by atoms with Crippen molar-refractivity contribution in [3.63, 3.8) is 0 Å². The number of hydrogen-bond acceptors (Lipinski definition) is 5. The summed E-state index contributed by atoms with van der Waals surface area (Å²) in [5, 5.41) is 3.22. The van der Waals surface area contributed by atoms with Gasteiger partial charge in [0.05, 0.1) is 6.04 Å². The molecule has 6 nitrogen and oxygen atoms in total. The van der Waals surface area contributed by atoms with Crippen molar-refractivity contribution in [2.45, 2.75) is 37.3 Å². The Bertz CT molecular complexity index is 363. The molecule has 1 atom stereocenters. The number of piperidine rings is 1. The van der Waals surface area contributed by atoms with Gasteiger partial charge in [-0.05, 0) is 19.4 Å². The number of ether oxygens (including phenoxy) is 2.